The van der Waals surface area contributed by atoms with E-state index in [1.54, 1.807) is 31.2 Å². The number of hydrogen-bond acceptors (Lipinski definition) is 6. The third-order valence-electron chi connectivity index (χ3n) is 5.35. The quantitative estimate of drug-likeness (QED) is 0.601. The number of morpholine rings is 1. The van der Waals surface area contributed by atoms with Crippen LogP contribution in [0.4, 0.5) is 11.4 Å². The molecule has 0 bridgehead atoms. The Bertz CT molecular complexity index is 1170. The summed E-state index contributed by atoms with van der Waals surface area (Å²) < 4.78 is 58.3. The first-order valence-electron chi connectivity index (χ1n) is 10.6. The Labute approximate surface area is 195 Å². The van der Waals surface area contributed by atoms with Crippen molar-refractivity contribution in [2.75, 3.05) is 42.2 Å². The van der Waals surface area contributed by atoms with Crippen LogP contribution in [0.1, 0.15) is 18.9 Å². The third kappa shape index (κ3) is 5.91. The van der Waals surface area contributed by atoms with Crippen molar-refractivity contribution in [3.05, 3.63) is 54.1 Å². The van der Waals surface area contributed by atoms with E-state index in [4.69, 9.17) is 4.74 Å². The van der Waals surface area contributed by atoms with Crippen LogP contribution in [0.5, 0.6) is 0 Å². The first-order chi connectivity index (χ1) is 15.5. The van der Waals surface area contributed by atoms with Gasteiger partial charge in [-0.25, -0.2) is 16.8 Å². The van der Waals surface area contributed by atoms with Gasteiger partial charge in [-0.3, -0.25) is 9.10 Å². The van der Waals surface area contributed by atoms with Crippen LogP contribution in [0.2, 0.25) is 0 Å². The van der Waals surface area contributed by atoms with Gasteiger partial charge in [0, 0.05) is 18.8 Å². The van der Waals surface area contributed by atoms with Crippen molar-refractivity contribution < 1.29 is 26.4 Å². The van der Waals surface area contributed by atoms with Gasteiger partial charge in [0.15, 0.2) is 0 Å². The van der Waals surface area contributed by atoms with E-state index in [2.05, 4.69) is 5.32 Å². The average molecular weight is 496 g/mol. The number of carbonyl (C=O) groups is 1. The van der Waals surface area contributed by atoms with Crippen molar-refractivity contribution in [2.45, 2.75) is 31.2 Å². The summed E-state index contributed by atoms with van der Waals surface area (Å²) in [5.41, 5.74) is 1.74. The van der Waals surface area contributed by atoms with E-state index in [0.29, 0.717) is 37.7 Å². The fourth-order valence-electron chi connectivity index (χ4n) is 3.62. The topological polar surface area (TPSA) is 113 Å². The summed E-state index contributed by atoms with van der Waals surface area (Å²) in [6.45, 7) is 4.90. The van der Waals surface area contributed by atoms with Crippen LogP contribution < -0.4 is 9.62 Å². The van der Waals surface area contributed by atoms with Crippen LogP contribution in [-0.4, -0.2) is 65.6 Å². The predicted molar refractivity (Wildman–Crippen MR) is 127 cm³/mol. The van der Waals surface area contributed by atoms with Gasteiger partial charge in [-0.2, -0.15) is 4.31 Å². The molecule has 33 heavy (non-hydrogen) atoms. The monoisotopic (exact) mass is 495 g/mol. The fourth-order valence-corrected chi connectivity index (χ4v) is 6.24. The Kier molecular flexibility index (Phi) is 7.78. The summed E-state index contributed by atoms with van der Waals surface area (Å²) in [4.78, 5) is 13.2. The molecule has 0 radical (unpaired) electrons. The molecule has 9 nitrogen and oxygen atoms in total. The van der Waals surface area contributed by atoms with E-state index in [1.165, 1.54) is 28.6 Å². The van der Waals surface area contributed by atoms with Gasteiger partial charge in [0.1, 0.15) is 6.04 Å². The number of aryl methyl sites for hydroxylation is 1. The lowest BCUT2D eigenvalue weighted by molar-refractivity contribution is -0.117. The highest BCUT2D eigenvalue weighted by atomic mass is 32.2. The number of nitrogens with zero attached hydrogens (tertiary/aromatic N) is 2. The van der Waals surface area contributed by atoms with Crippen LogP contribution in [0.15, 0.2) is 53.4 Å². The SMILES string of the molecule is CCC(C(=O)Nc1ccc(S(=O)(=O)N2CCOCC2)cc1)N(c1ccc(C)cc1)S(C)(=O)=O. The van der Waals surface area contributed by atoms with Crippen LogP contribution in [-0.2, 0) is 29.6 Å². The molecule has 0 aliphatic carbocycles. The molecule has 0 saturated carbocycles. The second-order valence-corrected chi connectivity index (χ2v) is 11.6. The normalized spacial score (nSPS) is 16.2. The molecule has 2 aromatic carbocycles. The van der Waals surface area contributed by atoms with Crippen LogP contribution in [0, 0.1) is 6.92 Å². The van der Waals surface area contributed by atoms with Gasteiger partial charge in [0.05, 0.1) is 30.1 Å². The van der Waals surface area contributed by atoms with Crippen LogP contribution in [0.3, 0.4) is 0 Å². The predicted octanol–water partition coefficient (Wildman–Crippen LogP) is 2.20. The second-order valence-electron chi connectivity index (χ2n) is 7.85. The number of anilines is 2. The van der Waals surface area contributed by atoms with E-state index in [1.807, 2.05) is 6.92 Å². The molecule has 1 heterocycles. The molecule has 11 heteroatoms. The van der Waals surface area contributed by atoms with Gasteiger partial charge in [0.2, 0.25) is 26.0 Å². The maximum Gasteiger partial charge on any atom is 0.248 e. The van der Waals surface area contributed by atoms with Crippen LogP contribution >= 0.6 is 0 Å². The summed E-state index contributed by atoms with van der Waals surface area (Å²) in [6.07, 6.45) is 1.31. The second kappa shape index (κ2) is 10.2. The van der Waals surface area contributed by atoms with Crippen molar-refractivity contribution in [3.8, 4) is 0 Å². The molecule has 1 saturated heterocycles. The standard InChI is InChI=1S/C22H29N3O6S2/c1-4-21(25(32(3,27)28)19-9-5-17(2)6-10-19)22(26)23-18-7-11-20(12-8-18)33(29,30)24-13-15-31-16-14-24/h5-12,21H,4,13-16H2,1-3H3,(H,23,26). The molecule has 1 unspecified atom stereocenters. The van der Waals surface area contributed by atoms with Gasteiger partial charge >= 0.3 is 0 Å². The number of ether oxygens (including phenoxy) is 1. The van der Waals surface area contributed by atoms with Gasteiger partial charge < -0.3 is 10.1 Å². The van der Waals surface area contributed by atoms with E-state index >= 15 is 0 Å². The van der Waals surface area contributed by atoms with Gasteiger partial charge in [-0.1, -0.05) is 24.6 Å². The van der Waals surface area contributed by atoms with Gasteiger partial charge in [-0.15, -0.1) is 0 Å². The molecule has 1 aliphatic rings. The molecule has 0 aromatic heterocycles. The molecular formula is C22H29N3O6S2. The van der Waals surface area contributed by atoms with Crippen LogP contribution in [0.25, 0.3) is 0 Å². The summed E-state index contributed by atoms with van der Waals surface area (Å²) in [5, 5.41) is 2.71. The molecule has 1 atom stereocenters. The molecule has 1 amide bonds. The molecule has 180 valence electrons. The number of sulfonamides is 2. The molecule has 1 fully saturated rings. The lowest BCUT2D eigenvalue weighted by Crippen LogP contribution is -2.47. The minimum atomic E-state index is -3.74. The van der Waals surface area contributed by atoms with E-state index in [-0.39, 0.29) is 11.3 Å². The first kappa shape index (κ1) is 25.2. The zero-order chi connectivity index (χ0) is 24.2. The summed E-state index contributed by atoms with van der Waals surface area (Å²) in [6, 6.07) is 11.8. The fraction of sp³-hybridized carbons (Fsp3) is 0.409. The Balaban J connectivity index is 1.80. The number of carbonyl (C=O) groups excluding carboxylic acids is 1. The minimum absolute atomic E-state index is 0.117. The third-order valence-corrected chi connectivity index (χ3v) is 8.44. The zero-order valence-corrected chi connectivity index (χ0v) is 20.5. The lowest BCUT2D eigenvalue weighted by atomic mass is 10.1. The largest absolute Gasteiger partial charge is 0.379 e. The van der Waals surface area contributed by atoms with Gasteiger partial charge in [-0.05, 0) is 49.7 Å². The summed E-state index contributed by atoms with van der Waals surface area (Å²) >= 11 is 0. The molecule has 3 rings (SSSR count). The molecule has 0 spiro atoms. The Hall–Kier alpha value is -2.47. The van der Waals surface area contributed by atoms with Gasteiger partial charge in [0.25, 0.3) is 0 Å². The van der Waals surface area contributed by atoms with Crippen molar-refractivity contribution >= 4 is 37.3 Å². The van der Waals surface area contributed by atoms with Crippen molar-refractivity contribution in [3.63, 3.8) is 0 Å². The van der Waals surface area contributed by atoms with E-state index in [0.717, 1.165) is 16.1 Å². The lowest BCUT2D eigenvalue weighted by Gasteiger charge is -2.30. The maximum atomic E-state index is 13.0. The average Bonchev–Trinajstić information content (AvgIpc) is 2.78. The highest BCUT2D eigenvalue weighted by Gasteiger charge is 2.32. The zero-order valence-electron chi connectivity index (χ0n) is 18.9. The minimum Gasteiger partial charge on any atom is -0.379 e. The number of hydrogen-bond donors (Lipinski definition) is 1. The van der Waals surface area contributed by atoms with Crippen molar-refractivity contribution in [1.82, 2.24) is 4.31 Å². The Morgan fingerprint density at radius 1 is 1.03 bits per heavy atom. The maximum absolute atomic E-state index is 13.0. The Morgan fingerprint density at radius 3 is 2.12 bits per heavy atom. The van der Waals surface area contributed by atoms with E-state index < -0.39 is 32.0 Å². The molecule has 1 N–H and O–H groups in total. The van der Waals surface area contributed by atoms with E-state index in [9.17, 15) is 21.6 Å². The molecule has 1 aliphatic heterocycles. The van der Waals surface area contributed by atoms with Crippen molar-refractivity contribution in [2.24, 2.45) is 0 Å². The molecule has 2 aromatic rings. The number of benzene rings is 2. The highest BCUT2D eigenvalue weighted by Crippen LogP contribution is 2.24. The number of nitrogens with one attached hydrogen (secondary N) is 1. The summed E-state index contributed by atoms with van der Waals surface area (Å²) in [5.74, 6) is -0.507. The Morgan fingerprint density at radius 2 is 1.61 bits per heavy atom. The summed E-state index contributed by atoms with van der Waals surface area (Å²) in [7, 11) is -7.39. The number of amides is 1. The molecular weight excluding hydrogens is 466 g/mol. The smallest absolute Gasteiger partial charge is 0.248 e. The first-order valence-corrected chi connectivity index (χ1v) is 13.9. The van der Waals surface area contributed by atoms with Crippen molar-refractivity contribution in [1.29, 1.82) is 0 Å². The number of rotatable bonds is 8. The highest BCUT2D eigenvalue weighted by molar-refractivity contribution is 7.92.